The number of hydrogen-bond donors (Lipinski definition) is 0. The molecule has 0 N–H and O–H groups in total. The highest BCUT2D eigenvalue weighted by Gasteiger charge is 2.31. The van der Waals surface area contributed by atoms with Gasteiger partial charge in [-0.15, -0.1) is 0 Å². The molecule has 0 amide bonds. The highest BCUT2D eigenvalue weighted by Crippen LogP contribution is 2.52. The van der Waals surface area contributed by atoms with E-state index in [0.29, 0.717) is 0 Å². The summed E-state index contributed by atoms with van der Waals surface area (Å²) in [6.45, 7) is 24.6. The van der Waals surface area contributed by atoms with E-state index in [9.17, 15) is 0 Å². The summed E-state index contributed by atoms with van der Waals surface area (Å²) in [5.74, 6) is 0. The van der Waals surface area contributed by atoms with Crippen molar-refractivity contribution in [3.05, 3.63) is 55.6 Å². The predicted octanol–water partition coefficient (Wildman–Crippen LogP) is 22.2. The van der Waals surface area contributed by atoms with Gasteiger partial charge in [0.1, 0.15) is 0 Å². The van der Waals surface area contributed by atoms with E-state index in [1.807, 2.05) is 44.2 Å². The predicted molar refractivity (Wildman–Crippen MR) is 302 cm³/mol. The minimum Gasteiger partial charge on any atom is -0.0654 e. The van der Waals surface area contributed by atoms with Crippen molar-refractivity contribution >= 4 is 32.3 Å². The van der Waals surface area contributed by atoms with Crippen LogP contribution in [-0.2, 0) is 51.4 Å². The zero-order valence-electron chi connectivity index (χ0n) is 46.3. The Bertz CT molecular complexity index is 1780. The lowest BCUT2D eigenvalue weighted by atomic mass is 9.71. The van der Waals surface area contributed by atoms with Crippen LogP contribution in [0.15, 0.2) is 0 Å². The van der Waals surface area contributed by atoms with Crippen LogP contribution in [0.4, 0.5) is 0 Å². The van der Waals surface area contributed by atoms with E-state index in [0.717, 1.165) is 0 Å². The molecule has 0 unspecified atom stereocenters. The van der Waals surface area contributed by atoms with Crippen LogP contribution in [0.5, 0.6) is 0 Å². The molecule has 0 aliphatic heterocycles. The number of unbranched alkanes of at least 4 members (excludes halogenated alkanes) is 24. The molecule has 0 aliphatic carbocycles. The van der Waals surface area contributed by atoms with E-state index in [4.69, 9.17) is 0 Å². The second-order valence-electron chi connectivity index (χ2n) is 21.8. The number of benzene rings is 4. The van der Waals surface area contributed by atoms with Crippen molar-refractivity contribution in [2.75, 3.05) is 0 Å². The number of aryl methyl sites for hydroxylation is 8. The van der Waals surface area contributed by atoms with Gasteiger partial charge in [0.15, 0.2) is 0 Å². The third-order valence-corrected chi connectivity index (χ3v) is 16.4. The molecule has 0 fully saturated rings. The average Bonchev–Trinajstić information content (AvgIpc) is 3.32. The second-order valence-corrected chi connectivity index (χ2v) is 21.8. The van der Waals surface area contributed by atoms with Crippen molar-refractivity contribution in [2.24, 2.45) is 0 Å². The third kappa shape index (κ3) is 15.5. The first-order chi connectivity index (χ1) is 32.4. The molecule has 4 aromatic rings. The molecule has 0 heterocycles. The van der Waals surface area contributed by atoms with Crippen LogP contribution in [0.2, 0.25) is 0 Å². The molecular formula is C66H110. The Morgan fingerprint density at radius 1 is 0.167 bits per heavy atom. The summed E-state index contributed by atoms with van der Waals surface area (Å²) in [5.41, 5.74) is 18.0. The highest BCUT2D eigenvalue weighted by molar-refractivity contribution is 6.29. The maximum atomic E-state index is 2.66. The van der Waals surface area contributed by atoms with E-state index in [2.05, 4.69) is 69.2 Å². The molecule has 374 valence electrons. The van der Waals surface area contributed by atoms with Gasteiger partial charge in [-0.25, -0.2) is 0 Å². The molecule has 0 heteroatoms. The summed E-state index contributed by atoms with van der Waals surface area (Å²) in [4.78, 5) is 0. The molecule has 66 heavy (non-hydrogen) atoms. The Hall–Kier alpha value is -2.08. The van der Waals surface area contributed by atoms with Crippen molar-refractivity contribution < 1.29 is 0 Å². The second kappa shape index (κ2) is 32.7. The molecule has 0 spiro atoms. The average molecular weight is 904 g/mol. The van der Waals surface area contributed by atoms with E-state index < -0.39 is 0 Å². The largest absolute Gasteiger partial charge is 0.0654 e. The van der Waals surface area contributed by atoms with Crippen LogP contribution >= 0.6 is 0 Å². The van der Waals surface area contributed by atoms with Gasteiger partial charge in [0, 0.05) is 0 Å². The maximum Gasteiger partial charge on any atom is -0.00150 e. The van der Waals surface area contributed by atoms with Crippen LogP contribution in [0.3, 0.4) is 0 Å². The summed E-state index contributed by atoms with van der Waals surface area (Å²) in [7, 11) is 0. The molecule has 0 saturated heterocycles. The summed E-state index contributed by atoms with van der Waals surface area (Å²) in [6.07, 6.45) is 53.3. The lowest BCUT2D eigenvalue weighted by Gasteiger charge is -2.32. The lowest BCUT2D eigenvalue weighted by Crippen LogP contribution is -2.14. The zero-order chi connectivity index (χ0) is 47.5. The van der Waals surface area contributed by atoms with E-state index in [1.165, 1.54) is 257 Å². The minimum atomic E-state index is 1.27. The summed E-state index contributed by atoms with van der Waals surface area (Å²) >= 11 is 0. The van der Waals surface area contributed by atoms with E-state index >= 15 is 0 Å². The molecule has 0 radical (unpaired) electrons. The molecule has 0 atom stereocenters. The first kappa shape index (κ1) is 56.5. The fraction of sp³-hybridized carbons (Fsp3) is 0.758. The molecular weight excluding hydrogens is 793 g/mol. The van der Waals surface area contributed by atoms with Gasteiger partial charge in [-0.1, -0.05) is 209 Å². The molecule has 0 saturated carbocycles. The third-order valence-electron chi connectivity index (χ3n) is 16.4. The summed E-state index contributed by atoms with van der Waals surface area (Å²) in [6, 6.07) is 0. The normalized spacial score (nSPS) is 12.1. The maximum absolute atomic E-state index is 2.66. The number of hydrogen-bond acceptors (Lipinski definition) is 0. The monoisotopic (exact) mass is 903 g/mol. The van der Waals surface area contributed by atoms with E-state index in [-0.39, 0.29) is 0 Å². The van der Waals surface area contributed by atoms with Crippen molar-refractivity contribution in [3.63, 3.8) is 0 Å². The quantitative estimate of drug-likeness (QED) is 0.0308. The van der Waals surface area contributed by atoms with Crippen molar-refractivity contribution in [1.82, 2.24) is 0 Å². The van der Waals surface area contributed by atoms with Crippen LogP contribution in [0.1, 0.15) is 316 Å². The highest BCUT2D eigenvalue weighted by atomic mass is 14.3. The van der Waals surface area contributed by atoms with E-state index in [1.54, 1.807) is 43.8 Å². The summed E-state index contributed by atoms with van der Waals surface area (Å²) < 4.78 is 0. The molecule has 0 bridgehead atoms. The van der Waals surface area contributed by atoms with Crippen LogP contribution < -0.4 is 0 Å². The lowest BCUT2D eigenvalue weighted by molar-refractivity contribution is 0.646. The van der Waals surface area contributed by atoms with Gasteiger partial charge < -0.3 is 0 Å². The van der Waals surface area contributed by atoms with Gasteiger partial charge in [-0.05, 0) is 205 Å². The zero-order valence-corrected chi connectivity index (χ0v) is 46.3. The fourth-order valence-electron chi connectivity index (χ4n) is 12.7. The van der Waals surface area contributed by atoms with Crippen molar-refractivity contribution in [1.29, 1.82) is 0 Å². The van der Waals surface area contributed by atoms with Crippen LogP contribution in [-0.4, -0.2) is 0 Å². The topological polar surface area (TPSA) is 0 Å². The van der Waals surface area contributed by atoms with Gasteiger partial charge in [-0.2, -0.15) is 0 Å². The smallest absolute Gasteiger partial charge is 0.00150 e. The first-order valence-electron chi connectivity index (χ1n) is 30.2. The van der Waals surface area contributed by atoms with Gasteiger partial charge in [0.25, 0.3) is 0 Å². The van der Waals surface area contributed by atoms with Gasteiger partial charge in [0.05, 0.1) is 0 Å². The fourth-order valence-corrected chi connectivity index (χ4v) is 12.7. The Balaban J connectivity index is 2.40. The first-order valence-corrected chi connectivity index (χ1v) is 30.2. The molecule has 0 aromatic heterocycles. The molecule has 0 nitrogen and oxygen atoms in total. The molecule has 4 aromatic carbocycles. The van der Waals surface area contributed by atoms with Crippen LogP contribution in [0.25, 0.3) is 32.3 Å². The Morgan fingerprint density at radius 3 is 0.530 bits per heavy atom. The van der Waals surface area contributed by atoms with Gasteiger partial charge >= 0.3 is 0 Å². The van der Waals surface area contributed by atoms with Crippen molar-refractivity contribution in [2.45, 2.75) is 326 Å². The SMILES string of the molecule is CCCCCCc1c(C)c2c(CCCCCC)c(CCCCCC)c3c(CCCCCC)c(CCCCCC)c(C)c4c(CCCCCC)c(CCCCCC)c(c1CCCCCC)c2c43. The minimum absolute atomic E-state index is 1.27. The van der Waals surface area contributed by atoms with Gasteiger partial charge in [-0.3, -0.25) is 0 Å². The van der Waals surface area contributed by atoms with Crippen molar-refractivity contribution in [3.8, 4) is 0 Å². The Labute approximate surface area is 412 Å². The van der Waals surface area contributed by atoms with Crippen LogP contribution in [0, 0.1) is 13.8 Å². The Kier molecular flexibility index (Phi) is 28.0. The molecule has 0 aliphatic rings. The molecule has 4 rings (SSSR count). The van der Waals surface area contributed by atoms with Gasteiger partial charge in [0.2, 0.25) is 0 Å². The standard InChI is InChI=1S/C66H110/c1-11-19-27-35-43-53-51(9)61-57(47-39-31-23-15-5)60(50-42-34-26-18-8)64-56(46-38-30-22-14-4)54(44-36-28-20-12-2)52(10)62-58(48-40-32-24-16-6)59(49-41-33-25-17-7)63(65(61)66(62)64)55(53)45-37-29-21-13-3/h11-50H2,1-10H3. The summed E-state index contributed by atoms with van der Waals surface area (Å²) in [5, 5.41) is 10.7. The number of rotatable bonds is 40. The Morgan fingerprint density at radius 2 is 0.333 bits per heavy atom.